The number of rotatable bonds is 10. The smallest absolute Gasteiger partial charge is 0.412 e. The Morgan fingerprint density at radius 3 is 2.34 bits per heavy atom. The van der Waals surface area contributed by atoms with Crippen molar-refractivity contribution in [3.63, 3.8) is 0 Å². The van der Waals surface area contributed by atoms with E-state index in [2.05, 4.69) is 15.5 Å². The summed E-state index contributed by atoms with van der Waals surface area (Å²) in [7, 11) is 0. The van der Waals surface area contributed by atoms with Gasteiger partial charge in [-0.05, 0) is 65.9 Å². The molecule has 2 saturated heterocycles. The van der Waals surface area contributed by atoms with Gasteiger partial charge in [-0.25, -0.2) is 23.6 Å². The van der Waals surface area contributed by atoms with Crippen LogP contribution in [0.1, 0.15) is 75.6 Å². The number of nitrogens with one attached hydrogen (secondary N) is 2. The molecule has 0 radical (unpaired) electrons. The number of aromatic amines is 1. The van der Waals surface area contributed by atoms with E-state index in [9.17, 15) is 44.1 Å². The van der Waals surface area contributed by atoms with Crippen LogP contribution in [0.4, 0.5) is 14.9 Å². The van der Waals surface area contributed by atoms with E-state index in [1.165, 1.54) is 17.0 Å². The Kier molecular flexibility index (Phi) is 11.1. The van der Waals surface area contributed by atoms with Crippen molar-refractivity contribution >= 4 is 35.4 Å². The Hall–Kier alpha value is -7.34. The third-order valence-corrected chi connectivity index (χ3v) is 11.6. The molecular weight excluding hydrogens is 804 g/mol. The summed E-state index contributed by atoms with van der Waals surface area (Å²) in [6.45, 7) is 5.60. The number of H-pyrrole nitrogens is 1. The van der Waals surface area contributed by atoms with Crippen LogP contribution in [0.5, 0.6) is 11.5 Å². The molecule has 1 unspecified atom stereocenters. The molecule has 3 aliphatic rings. The lowest BCUT2D eigenvalue weighted by Crippen LogP contribution is -2.52. The molecule has 0 aliphatic carbocycles. The summed E-state index contributed by atoms with van der Waals surface area (Å²) in [4.78, 5) is 82.8. The summed E-state index contributed by atoms with van der Waals surface area (Å²) >= 11 is 0. The number of nitrogens with zero attached hydrogens (tertiary/aromatic N) is 6. The zero-order chi connectivity index (χ0) is 44.0. The van der Waals surface area contributed by atoms with Crippen LogP contribution in [0.2, 0.25) is 0 Å². The zero-order valence-electron chi connectivity index (χ0n) is 33.8. The monoisotopic (exact) mass is 846 g/mol. The second-order valence-corrected chi connectivity index (χ2v) is 15.9. The maximum absolute atomic E-state index is 15.6. The lowest BCUT2D eigenvalue weighted by molar-refractivity contribution is -0.136. The highest BCUT2D eigenvalue weighted by Gasteiger charge is 2.41. The number of halogens is 1. The van der Waals surface area contributed by atoms with Crippen molar-refractivity contribution in [1.82, 2.24) is 34.8 Å². The summed E-state index contributed by atoms with van der Waals surface area (Å²) in [5.74, 6) is -2.58. The minimum absolute atomic E-state index is 0.00672. The van der Waals surface area contributed by atoms with Crippen molar-refractivity contribution in [3.05, 3.63) is 122 Å². The highest BCUT2D eigenvalue weighted by molar-refractivity contribution is 6.06. The number of piperazine rings is 1. The molecule has 8 rings (SSSR count). The van der Waals surface area contributed by atoms with Crippen LogP contribution < -0.4 is 15.9 Å². The SMILES string of the molecule is CC(C)c1cc(-c2n[nH]c(=O)n2-c2ccc(CN3CCN(C(=O)c4ccc(CN(C(=O)O)c5cccc6c5CN(C5CCC(=O)NC5=O)C6=O)cc4)CC3)c(F)c2)c(O)cc1O. The highest BCUT2D eigenvalue weighted by atomic mass is 19.1. The molecule has 0 spiro atoms. The zero-order valence-corrected chi connectivity index (χ0v) is 33.8. The molecule has 0 saturated carbocycles. The van der Waals surface area contributed by atoms with Gasteiger partial charge in [0.25, 0.3) is 11.8 Å². The Labute approximate surface area is 353 Å². The van der Waals surface area contributed by atoms with Gasteiger partial charge in [-0.2, -0.15) is 5.10 Å². The summed E-state index contributed by atoms with van der Waals surface area (Å²) in [5, 5.41) is 39.9. The lowest BCUT2D eigenvalue weighted by Gasteiger charge is -2.35. The number of hydrogen-bond donors (Lipinski definition) is 5. The first-order valence-electron chi connectivity index (χ1n) is 20.1. The van der Waals surface area contributed by atoms with E-state index in [0.717, 1.165) is 9.47 Å². The van der Waals surface area contributed by atoms with E-state index in [1.54, 1.807) is 65.6 Å². The van der Waals surface area contributed by atoms with Crippen LogP contribution in [0.25, 0.3) is 17.1 Å². The predicted molar refractivity (Wildman–Crippen MR) is 221 cm³/mol. The number of benzene rings is 4. The van der Waals surface area contributed by atoms with Crippen LogP contribution in [0.3, 0.4) is 0 Å². The van der Waals surface area contributed by atoms with Crippen LogP contribution in [0, 0.1) is 5.82 Å². The number of phenols is 2. The molecule has 17 nitrogen and oxygen atoms in total. The highest BCUT2D eigenvalue weighted by Crippen LogP contribution is 2.38. The first kappa shape index (κ1) is 41.4. The maximum atomic E-state index is 15.6. The van der Waals surface area contributed by atoms with Crippen molar-refractivity contribution in [2.24, 2.45) is 0 Å². The van der Waals surface area contributed by atoms with Gasteiger partial charge in [0.1, 0.15) is 23.4 Å². The fourth-order valence-corrected chi connectivity index (χ4v) is 8.30. The summed E-state index contributed by atoms with van der Waals surface area (Å²) in [6.07, 6.45) is -0.986. The van der Waals surface area contributed by atoms with Crippen LogP contribution in [-0.4, -0.2) is 107 Å². The van der Waals surface area contributed by atoms with Gasteiger partial charge >= 0.3 is 11.8 Å². The summed E-state index contributed by atoms with van der Waals surface area (Å²) < 4.78 is 16.8. The van der Waals surface area contributed by atoms with Crippen LogP contribution >= 0.6 is 0 Å². The number of phenolic OH excluding ortho intramolecular Hbond substituents is 2. The van der Waals surface area contributed by atoms with Gasteiger partial charge in [-0.3, -0.25) is 34.3 Å². The molecule has 4 aromatic carbocycles. The van der Waals surface area contributed by atoms with E-state index in [1.807, 2.05) is 18.7 Å². The molecule has 0 bridgehead atoms. The van der Waals surface area contributed by atoms with Gasteiger partial charge in [0.15, 0.2) is 5.82 Å². The molecule has 5 amide bonds. The number of carbonyl (C=O) groups excluding carboxylic acids is 4. The number of piperidine rings is 1. The number of amides is 5. The van der Waals surface area contributed by atoms with E-state index in [0.29, 0.717) is 59.7 Å². The number of carboxylic acid groups (broad SMARTS) is 1. The predicted octanol–water partition coefficient (Wildman–Crippen LogP) is 4.30. The van der Waals surface area contributed by atoms with Gasteiger partial charge in [-0.15, -0.1) is 0 Å². The van der Waals surface area contributed by atoms with Crippen molar-refractivity contribution in [2.75, 3.05) is 31.1 Å². The number of fused-ring (bicyclic) bond motifs is 1. The maximum Gasteiger partial charge on any atom is 0.412 e. The molecule has 5 N–H and O–H groups in total. The molecule has 62 heavy (non-hydrogen) atoms. The minimum Gasteiger partial charge on any atom is -0.508 e. The van der Waals surface area contributed by atoms with Crippen molar-refractivity contribution in [3.8, 4) is 28.6 Å². The Morgan fingerprint density at radius 2 is 1.66 bits per heavy atom. The number of aromatic nitrogens is 3. The molecule has 2 fully saturated rings. The molecule has 1 aromatic heterocycles. The molecule has 1 atom stereocenters. The van der Waals surface area contributed by atoms with Gasteiger partial charge in [-0.1, -0.05) is 38.1 Å². The second-order valence-electron chi connectivity index (χ2n) is 15.9. The molecule has 4 heterocycles. The Balaban J connectivity index is 0.890. The number of anilines is 1. The Morgan fingerprint density at radius 1 is 0.919 bits per heavy atom. The van der Waals surface area contributed by atoms with E-state index >= 15 is 4.39 Å². The van der Waals surface area contributed by atoms with Crippen LogP contribution in [-0.2, 0) is 29.2 Å². The Bertz CT molecular complexity index is 2690. The van der Waals surface area contributed by atoms with Crippen molar-refractivity contribution in [1.29, 1.82) is 0 Å². The van der Waals surface area contributed by atoms with Gasteiger partial charge in [0.2, 0.25) is 11.8 Å². The molecule has 3 aliphatic heterocycles. The third kappa shape index (κ3) is 7.87. The van der Waals surface area contributed by atoms with Crippen molar-refractivity contribution < 1.29 is 43.7 Å². The van der Waals surface area contributed by atoms with E-state index in [-0.39, 0.29) is 78.4 Å². The number of aromatic hydroxyl groups is 2. The fraction of sp³-hybridized carbons (Fsp3) is 0.295. The number of imide groups is 1. The first-order valence-corrected chi connectivity index (χ1v) is 20.1. The quantitative estimate of drug-likeness (QED) is 0.125. The van der Waals surface area contributed by atoms with E-state index < -0.39 is 41.4 Å². The fourth-order valence-electron chi connectivity index (χ4n) is 8.30. The van der Waals surface area contributed by atoms with E-state index in [4.69, 9.17) is 0 Å². The standard InChI is InChI=1S/C44H43FN8O9/c1-24(2)30-19-31(37(55)20-36(30)54)39-47-48-43(60)53(39)28-11-10-27(33(45)18-28)22-49-14-16-50(17-15-49)41(58)26-8-6-25(7-9-26)21-52(44(61)62)34-5-3-4-29-32(34)23-51(42(29)59)35-12-13-38(56)46-40(35)57/h3-11,18-20,24,35,54-55H,12-17,21-23H2,1-2H3,(H,48,60)(H,61,62)(H,46,56,57). The normalized spacial score (nSPS) is 16.8. The van der Waals surface area contributed by atoms with Crippen LogP contribution in [0.15, 0.2) is 77.6 Å². The van der Waals surface area contributed by atoms with Gasteiger partial charge in [0, 0.05) is 74.0 Å². The summed E-state index contributed by atoms with van der Waals surface area (Å²) in [5.41, 5.74) is 2.71. The number of carbonyl (C=O) groups is 5. The topological polar surface area (TPSA) is 222 Å². The molecule has 18 heteroatoms. The average Bonchev–Trinajstić information content (AvgIpc) is 3.79. The van der Waals surface area contributed by atoms with Gasteiger partial charge in [0.05, 0.1) is 23.5 Å². The largest absolute Gasteiger partial charge is 0.508 e. The lowest BCUT2D eigenvalue weighted by atomic mass is 9.98. The summed E-state index contributed by atoms with van der Waals surface area (Å²) in [6, 6.07) is 17.7. The molecule has 320 valence electrons. The third-order valence-electron chi connectivity index (χ3n) is 11.6. The minimum atomic E-state index is -1.26. The molecule has 5 aromatic rings. The average molecular weight is 847 g/mol. The van der Waals surface area contributed by atoms with Gasteiger partial charge < -0.3 is 25.1 Å². The number of hydrogen-bond acceptors (Lipinski definition) is 10. The molecular formula is C44H43FN8O9. The van der Waals surface area contributed by atoms with Crippen molar-refractivity contribution in [2.45, 2.75) is 58.3 Å². The first-order chi connectivity index (χ1) is 29.7. The second kappa shape index (κ2) is 16.6.